The first kappa shape index (κ1) is 19.0. The smallest absolute Gasteiger partial charge is 0.271 e. The van der Waals surface area contributed by atoms with Gasteiger partial charge in [-0.2, -0.15) is 0 Å². The molecule has 0 unspecified atom stereocenters. The second kappa shape index (κ2) is 8.81. The highest BCUT2D eigenvalue weighted by molar-refractivity contribution is 5.92. The van der Waals surface area contributed by atoms with Gasteiger partial charge in [-0.05, 0) is 30.9 Å². The van der Waals surface area contributed by atoms with Crippen LogP contribution in [-0.2, 0) is 6.42 Å². The molecule has 1 aliphatic rings. The van der Waals surface area contributed by atoms with E-state index in [-0.39, 0.29) is 5.91 Å². The average Bonchev–Trinajstić information content (AvgIpc) is 3.26. The van der Waals surface area contributed by atoms with Gasteiger partial charge >= 0.3 is 0 Å². The fourth-order valence-electron chi connectivity index (χ4n) is 3.40. The molecule has 3 aromatic rings. The first-order valence-electron chi connectivity index (χ1n) is 9.98. The SMILES string of the molecule is CC1CCN(c2cc(-n3cnc(C(=O)NCCc4ccccn4)c3)ncn2)CC1. The fourth-order valence-corrected chi connectivity index (χ4v) is 3.40. The Morgan fingerprint density at radius 1 is 1.14 bits per heavy atom. The van der Waals surface area contributed by atoms with Crippen LogP contribution in [0.2, 0.25) is 0 Å². The van der Waals surface area contributed by atoms with E-state index in [1.54, 1.807) is 29.6 Å². The van der Waals surface area contributed by atoms with Crippen LogP contribution in [0, 0.1) is 5.92 Å². The predicted molar refractivity (Wildman–Crippen MR) is 110 cm³/mol. The lowest BCUT2D eigenvalue weighted by Crippen LogP contribution is -2.33. The summed E-state index contributed by atoms with van der Waals surface area (Å²) in [4.78, 5) is 31.9. The highest BCUT2D eigenvalue weighted by Gasteiger charge is 2.18. The molecular formula is C21H25N7O. The molecule has 8 heteroatoms. The largest absolute Gasteiger partial charge is 0.356 e. The van der Waals surface area contributed by atoms with Crippen molar-refractivity contribution in [2.24, 2.45) is 5.92 Å². The van der Waals surface area contributed by atoms with Crippen LogP contribution in [-0.4, -0.2) is 50.0 Å². The molecule has 0 bridgehead atoms. The number of nitrogens with zero attached hydrogens (tertiary/aromatic N) is 6. The Kier molecular flexibility index (Phi) is 5.79. The van der Waals surface area contributed by atoms with Crippen molar-refractivity contribution in [3.8, 4) is 5.82 Å². The lowest BCUT2D eigenvalue weighted by molar-refractivity contribution is 0.0949. The molecule has 29 heavy (non-hydrogen) atoms. The zero-order valence-corrected chi connectivity index (χ0v) is 16.5. The van der Waals surface area contributed by atoms with Crippen molar-refractivity contribution >= 4 is 11.7 Å². The molecule has 1 fully saturated rings. The van der Waals surface area contributed by atoms with Gasteiger partial charge in [-0.25, -0.2) is 15.0 Å². The molecule has 0 spiro atoms. The lowest BCUT2D eigenvalue weighted by Gasteiger charge is -2.31. The molecule has 0 radical (unpaired) electrons. The minimum Gasteiger partial charge on any atom is -0.356 e. The molecule has 0 aromatic carbocycles. The van der Waals surface area contributed by atoms with Gasteiger partial charge in [0.15, 0.2) is 0 Å². The third-order valence-electron chi connectivity index (χ3n) is 5.22. The van der Waals surface area contributed by atoms with E-state index >= 15 is 0 Å². The van der Waals surface area contributed by atoms with Crippen molar-refractivity contribution in [2.45, 2.75) is 26.2 Å². The van der Waals surface area contributed by atoms with Gasteiger partial charge in [0.05, 0.1) is 0 Å². The summed E-state index contributed by atoms with van der Waals surface area (Å²) in [7, 11) is 0. The maximum absolute atomic E-state index is 12.4. The Morgan fingerprint density at radius 3 is 2.76 bits per heavy atom. The third-order valence-corrected chi connectivity index (χ3v) is 5.22. The minimum absolute atomic E-state index is 0.209. The maximum atomic E-state index is 12.4. The Bertz CT molecular complexity index is 948. The molecule has 150 valence electrons. The topological polar surface area (TPSA) is 88.8 Å². The number of hydrogen-bond acceptors (Lipinski definition) is 6. The molecule has 1 saturated heterocycles. The normalized spacial score (nSPS) is 14.7. The van der Waals surface area contributed by atoms with Crippen molar-refractivity contribution in [3.63, 3.8) is 0 Å². The molecule has 4 rings (SSSR count). The molecule has 1 amide bonds. The van der Waals surface area contributed by atoms with E-state index in [2.05, 4.69) is 37.1 Å². The zero-order valence-electron chi connectivity index (χ0n) is 16.5. The van der Waals surface area contributed by atoms with E-state index < -0.39 is 0 Å². The number of imidazole rings is 1. The number of hydrogen-bond donors (Lipinski definition) is 1. The van der Waals surface area contributed by atoms with Crippen molar-refractivity contribution in [2.75, 3.05) is 24.5 Å². The first-order chi connectivity index (χ1) is 14.2. The number of piperidine rings is 1. The van der Waals surface area contributed by atoms with E-state index in [1.807, 2.05) is 24.3 Å². The number of anilines is 1. The van der Waals surface area contributed by atoms with Crippen LogP contribution >= 0.6 is 0 Å². The van der Waals surface area contributed by atoms with E-state index in [4.69, 9.17) is 0 Å². The summed E-state index contributed by atoms with van der Waals surface area (Å²) >= 11 is 0. The van der Waals surface area contributed by atoms with E-state index in [9.17, 15) is 4.79 Å². The Hall–Kier alpha value is -3.29. The number of carbonyl (C=O) groups is 1. The van der Waals surface area contributed by atoms with Gasteiger partial charge in [0.25, 0.3) is 5.91 Å². The van der Waals surface area contributed by atoms with Crippen molar-refractivity contribution < 1.29 is 4.79 Å². The van der Waals surface area contributed by atoms with Crippen LogP contribution in [0.4, 0.5) is 5.82 Å². The molecule has 0 aliphatic carbocycles. The number of aromatic nitrogens is 5. The molecule has 8 nitrogen and oxygen atoms in total. The maximum Gasteiger partial charge on any atom is 0.271 e. The van der Waals surface area contributed by atoms with Crippen molar-refractivity contribution in [1.82, 2.24) is 29.8 Å². The lowest BCUT2D eigenvalue weighted by atomic mass is 9.99. The third kappa shape index (κ3) is 4.77. The number of carbonyl (C=O) groups excluding carboxylic acids is 1. The number of nitrogens with one attached hydrogen (secondary N) is 1. The predicted octanol–water partition coefficient (Wildman–Crippen LogP) is 2.27. The number of amides is 1. The van der Waals surface area contributed by atoms with Gasteiger partial charge in [0, 0.05) is 50.2 Å². The molecule has 1 aliphatic heterocycles. The minimum atomic E-state index is -0.209. The summed E-state index contributed by atoms with van der Waals surface area (Å²) < 4.78 is 1.76. The Labute approximate surface area is 170 Å². The second-order valence-electron chi connectivity index (χ2n) is 7.40. The molecule has 0 atom stereocenters. The Morgan fingerprint density at radius 2 is 1.97 bits per heavy atom. The Balaban J connectivity index is 1.38. The summed E-state index contributed by atoms with van der Waals surface area (Å²) in [5.74, 6) is 2.17. The highest BCUT2D eigenvalue weighted by Crippen LogP contribution is 2.22. The van der Waals surface area contributed by atoms with Gasteiger partial charge in [-0.3, -0.25) is 14.3 Å². The molecule has 3 aromatic heterocycles. The van der Waals surface area contributed by atoms with Crippen LogP contribution in [0.1, 0.15) is 35.9 Å². The average molecular weight is 391 g/mol. The quantitative estimate of drug-likeness (QED) is 0.693. The summed E-state index contributed by atoms with van der Waals surface area (Å²) in [6, 6.07) is 7.70. The van der Waals surface area contributed by atoms with Crippen LogP contribution in [0.5, 0.6) is 0 Å². The van der Waals surface area contributed by atoms with E-state index in [0.717, 1.165) is 30.5 Å². The van der Waals surface area contributed by atoms with E-state index in [0.29, 0.717) is 24.5 Å². The number of rotatable bonds is 6. The zero-order chi connectivity index (χ0) is 20.1. The van der Waals surface area contributed by atoms with Crippen molar-refractivity contribution in [1.29, 1.82) is 0 Å². The molecule has 1 N–H and O–H groups in total. The second-order valence-corrected chi connectivity index (χ2v) is 7.40. The van der Waals surface area contributed by atoms with Crippen LogP contribution in [0.25, 0.3) is 5.82 Å². The van der Waals surface area contributed by atoms with Crippen LogP contribution < -0.4 is 10.2 Å². The number of pyridine rings is 1. The van der Waals surface area contributed by atoms with Gasteiger partial charge in [0.2, 0.25) is 0 Å². The summed E-state index contributed by atoms with van der Waals surface area (Å²) in [5, 5.41) is 2.88. The molecular weight excluding hydrogens is 366 g/mol. The van der Waals surface area contributed by atoms with Gasteiger partial charge in [-0.15, -0.1) is 0 Å². The van der Waals surface area contributed by atoms with Gasteiger partial charge in [-0.1, -0.05) is 13.0 Å². The summed E-state index contributed by atoms with van der Waals surface area (Å²) in [5.41, 5.74) is 1.30. The monoisotopic (exact) mass is 391 g/mol. The van der Waals surface area contributed by atoms with Gasteiger partial charge in [0.1, 0.15) is 30.0 Å². The first-order valence-corrected chi connectivity index (χ1v) is 9.98. The van der Waals surface area contributed by atoms with Crippen LogP contribution in [0.3, 0.4) is 0 Å². The molecule has 4 heterocycles. The van der Waals surface area contributed by atoms with Crippen LogP contribution in [0.15, 0.2) is 49.3 Å². The molecule has 0 saturated carbocycles. The fraction of sp³-hybridized carbons (Fsp3) is 0.381. The van der Waals surface area contributed by atoms with Gasteiger partial charge < -0.3 is 10.2 Å². The summed E-state index contributed by atoms with van der Waals surface area (Å²) in [6.45, 7) is 4.81. The van der Waals surface area contributed by atoms with E-state index in [1.165, 1.54) is 12.8 Å². The van der Waals surface area contributed by atoms with Crippen molar-refractivity contribution in [3.05, 3.63) is 60.7 Å². The standard InChI is InChI=1S/C21H25N7O/c1-16-6-10-27(11-7-16)19-12-20(25-14-24-19)28-13-18(26-15-28)21(29)23-9-5-17-4-2-3-8-22-17/h2-4,8,12-16H,5-7,9-11H2,1H3,(H,23,29). The highest BCUT2D eigenvalue weighted by atomic mass is 16.1. The summed E-state index contributed by atoms with van der Waals surface area (Å²) in [6.07, 6.45) is 9.64.